The molecule has 0 aliphatic carbocycles. The van der Waals surface area contributed by atoms with Crippen molar-refractivity contribution in [3.63, 3.8) is 0 Å². The number of hydrogen-bond acceptors (Lipinski definition) is 7. The molecular weight excluding hydrogens is 422 g/mol. The minimum atomic E-state index is -0.247. The van der Waals surface area contributed by atoms with E-state index in [1.54, 1.807) is 27.5 Å². The number of fused-ring (bicyclic) bond motifs is 1. The van der Waals surface area contributed by atoms with Gasteiger partial charge in [0.25, 0.3) is 0 Å². The van der Waals surface area contributed by atoms with E-state index in [1.165, 1.54) is 0 Å². The van der Waals surface area contributed by atoms with Crippen LogP contribution in [0.1, 0.15) is 5.56 Å². The van der Waals surface area contributed by atoms with E-state index in [0.29, 0.717) is 28.6 Å². The molecule has 0 radical (unpaired) electrons. The Balaban J connectivity index is 1.81. The van der Waals surface area contributed by atoms with Gasteiger partial charge in [0.15, 0.2) is 17.1 Å². The second kappa shape index (κ2) is 9.17. The zero-order valence-corrected chi connectivity index (χ0v) is 18.9. The van der Waals surface area contributed by atoms with Gasteiger partial charge in [0.2, 0.25) is 11.7 Å². The Morgan fingerprint density at radius 2 is 1.73 bits per heavy atom. The van der Waals surface area contributed by atoms with Crippen molar-refractivity contribution in [3.05, 3.63) is 48.2 Å². The molecule has 0 aliphatic rings. The fraction of sp³-hybridized carbons (Fsp3) is 0.208. The summed E-state index contributed by atoms with van der Waals surface area (Å²) in [5.41, 5.74) is 11.0. The van der Waals surface area contributed by atoms with E-state index in [-0.39, 0.29) is 12.5 Å². The summed E-state index contributed by atoms with van der Waals surface area (Å²) < 4.78 is 16.4. The Morgan fingerprint density at radius 1 is 1.00 bits per heavy atom. The van der Waals surface area contributed by atoms with Gasteiger partial charge in [-0.25, -0.2) is 4.98 Å². The molecule has 0 saturated heterocycles. The summed E-state index contributed by atoms with van der Waals surface area (Å²) >= 11 is 0. The average molecular weight is 447 g/mol. The molecule has 9 nitrogen and oxygen atoms in total. The number of methoxy groups -OCH3 is 3. The molecule has 0 fully saturated rings. The highest BCUT2D eigenvalue weighted by Crippen LogP contribution is 2.42. The van der Waals surface area contributed by atoms with Crippen LogP contribution in [0, 0.1) is 6.92 Å². The molecule has 0 spiro atoms. The first kappa shape index (κ1) is 22.1. The van der Waals surface area contributed by atoms with Gasteiger partial charge < -0.3 is 25.3 Å². The van der Waals surface area contributed by atoms with Crippen LogP contribution >= 0.6 is 0 Å². The first-order valence-corrected chi connectivity index (χ1v) is 10.2. The molecule has 2 heterocycles. The first-order chi connectivity index (χ1) is 16.0. The minimum absolute atomic E-state index is 0.0790. The Morgan fingerprint density at radius 3 is 2.36 bits per heavy atom. The van der Waals surface area contributed by atoms with Crippen LogP contribution in [0.5, 0.6) is 17.2 Å². The van der Waals surface area contributed by atoms with Gasteiger partial charge in [-0.15, -0.1) is 0 Å². The lowest BCUT2D eigenvalue weighted by Crippen LogP contribution is -2.22. The highest BCUT2D eigenvalue weighted by Gasteiger charge is 2.18. The second-order valence-corrected chi connectivity index (χ2v) is 7.39. The number of anilines is 1. The van der Waals surface area contributed by atoms with Crippen molar-refractivity contribution >= 4 is 22.6 Å². The van der Waals surface area contributed by atoms with Crippen molar-refractivity contribution in [2.75, 3.05) is 33.2 Å². The number of aromatic nitrogens is 3. The summed E-state index contributed by atoms with van der Waals surface area (Å²) in [6.45, 7) is 1.85. The molecule has 0 bridgehead atoms. The number of carbonyl (C=O) groups excluding carboxylic acids is 1. The van der Waals surface area contributed by atoms with E-state index in [1.807, 2.05) is 43.3 Å². The molecule has 4 rings (SSSR count). The maximum Gasteiger partial charge on any atom is 0.238 e. The third kappa shape index (κ3) is 4.18. The molecule has 0 atom stereocenters. The summed E-state index contributed by atoms with van der Waals surface area (Å²) in [4.78, 5) is 16.3. The smallest absolute Gasteiger partial charge is 0.238 e. The summed E-state index contributed by atoms with van der Waals surface area (Å²) in [6, 6.07) is 11.5. The normalized spacial score (nSPS) is 10.8. The van der Waals surface area contributed by atoms with Crippen LogP contribution in [0.3, 0.4) is 0 Å². The lowest BCUT2D eigenvalue weighted by atomic mass is 10.0. The molecular formula is C24H25N5O4. The molecule has 0 unspecified atom stereocenters. The maximum atomic E-state index is 11.8. The van der Waals surface area contributed by atoms with E-state index in [4.69, 9.17) is 19.9 Å². The van der Waals surface area contributed by atoms with Crippen LogP contribution in [0.25, 0.3) is 33.4 Å². The molecule has 1 amide bonds. The second-order valence-electron chi connectivity index (χ2n) is 7.39. The van der Waals surface area contributed by atoms with Crippen LogP contribution < -0.4 is 25.3 Å². The van der Waals surface area contributed by atoms with Crippen molar-refractivity contribution in [1.82, 2.24) is 15.2 Å². The number of rotatable bonds is 7. The van der Waals surface area contributed by atoms with E-state index < -0.39 is 0 Å². The predicted molar refractivity (Wildman–Crippen MR) is 127 cm³/mol. The summed E-state index contributed by atoms with van der Waals surface area (Å²) in [7, 11) is 4.71. The number of pyridine rings is 1. The fourth-order valence-corrected chi connectivity index (χ4v) is 3.64. The molecule has 2 aromatic carbocycles. The largest absolute Gasteiger partial charge is 0.493 e. The average Bonchev–Trinajstić information content (AvgIpc) is 3.27. The van der Waals surface area contributed by atoms with E-state index in [9.17, 15) is 4.79 Å². The number of benzene rings is 2. The Kier molecular flexibility index (Phi) is 6.14. The Hall–Kier alpha value is -4.11. The number of H-pyrrole nitrogens is 1. The SMILES string of the molecule is COc1cc(-c2[nH]nc3ncc(-c4ccc(C)c(NC(=O)CN)c4)cc23)cc(OC)c1OC. The van der Waals surface area contributed by atoms with Crippen LogP contribution in [-0.4, -0.2) is 49.0 Å². The zero-order valence-electron chi connectivity index (χ0n) is 18.9. The molecule has 4 aromatic rings. The van der Waals surface area contributed by atoms with Crippen LogP contribution in [0.4, 0.5) is 5.69 Å². The number of aryl methyl sites for hydroxylation is 1. The highest BCUT2D eigenvalue weighted by molar-refractivity contribution is 5.96. The van der Waals surface area contributed by atoms with E-state index >= 15 is 0 Å². The van der Waals surface area contributed by atoms with Gasteiger partial charge in [0, 0.05) is 28.4 Å². The van der Waals surface area contributed by atoms with Crippen molar-refractivity contribution < 1.29 is 19.0 Å². The molecule has 33 heavy (non-hydrogen) atoms. The summed E-state index contributed by atoms with van der Waals surface area (Å²) in [6.07, 6.45) is 1.75. The molecule has 9 heteroatoms. The highest BCUT2D eigenvalue weighted by atomic mass is 16.5. The number of amides is 1. The molecule has 2 aromatic heterocycles. The Bertz CT molecular complexity index is 1310. The third-order valence-electron chi connectivity index (χ3n) is 5.39. The van der Waals surface area contributed by atoms with Gasteiger partial charge in [-0.3, -0.25) is 9.89 Å². The predicted octanol–water partition coefficient (Wildman–Crippen LogP) is 3.52. The van der Waals surface area contributed by atoms with E-state index in [2.05, 4.69) is 20.5 Å². The third-order valence-corrected chi connectivity index (χ3v) is 5.39. The van der Waals surface area contributed by atoms with Gasteiger partial charge in [0.05, 0.1) is 33.6 Å². The monoisotopic (exact) mass is 447 g/mol. The first-order valence-electron chi connectivity index (χ1n) is 10.2. The number of ether oxygens (including phenoxy) is 3. The maximum absolute atomic E-state index is 11.8. The fourth-order valence-electron chi connectivity index (χ4n) is 3.64. The van der Waals surface area contributed by atoms with E-state index in [0.717, 1.165) is 33.3 Å². The van der Waals surface area contributed by atoms with Gasteiger partial charge >= 0.3 is 0 Å². The number of hydrogen-bond donors (Lipinski definition) is 3. The van der Waals surface area contributed by atoms with Gasteiger partial charge in [-0.2, -0.15) is 5.10 Å². The number of nitrogens with zero attached hydrogens (tertiary/aromatic N) is 2. The summed E-state index contributed by atoms with van der Waals surface area (Å²) in [5, 5.41) is 11.1. The standard InChI is InChI=1S/C24H25N5O4/c1-13-5-6-14(8-18(13)27-21(30)11-25)16-7-17-22(28-29-24(17)26-12-16)15-9-19(31-2)23(33-4)20(10-15)32-3/h5-10,12H,11,25H2,1-4H3,(H,27,30)(H,26,28,29). The lowest BCUT2D eigenvalue weighted by molar-refractivity contribution is -0.114. The number of carbonyl (C=O) groups is 1. The number of nitrogens with one attached hydrogen (secondary N) is 2. The molecule has 4 N–H and O–H groups in total. The van der Waals surface area contributed by atoms with Crippen LogP contribution in [0.2, 0.25) is 0 Å². The quantitative estimate of drug-likeness (QED) is 0.396. The zero-order chi connectivity index (χ0) is 23.5. The van der Waals surface area contributed by atoms with Crippen molar-refractivity contribution in [2.24, 2.45) is 5.73 Å². The van der Waals surface area contributed by atoms with Crippen LogP contribution in [-0.2, 0) is 4.79 Å². The topological polar surface area (TPSA) is 124 Å². The van der Waals surface area contributed by atoms with Gasteiger partial charge in [-0.1, -0.05) is 12.1 Å². The van der Waals surface area contributed by atoms with Crippen molar-refractivity contribution in [3.8, 4) is 39.6 Å². The number of nitrogens with two attached hydrogens (primary N) is 1. The molecule has 0 aliphatic heterocycles. The van der Waals surface area contributed by atoms with Crippen LogP contribution in [0.15, 0.2) is 42.6 Å². The summed E-state index contributed by atoms with van der Waals surface area (Å²) in [5.74, 6) is 1.34. The van der Waals surface area contributed by atoms with Gasteiger partial charge in [-0.05, 0) is 42.3 Å². The van der Waals surface area contributed by atoms with Crippen molar-refractivity contribution in [2.45, 2.75) is 6.92 Å². The molecule has 170 valence electrons. The van der Waals surface area contributed by atoms with Gasteiger partial charge in [0.1, 0.15) is 0 Å². The number of aromatic amines is 1. The lowest BCUT2D eigenvalue weighted by Gasteiger charge is -2.14. The Labute approximate surface area is 190 Å². The molecule has 0 saturated carbocycles. The van der Waals surface area contributed by atoms with Crippen molar-refractivity contribution in [1.29, 1.82) is 0 Å². The minimum Gasteiger partial charge on any atom is -0.493 e.